The second kappa shape index (κ2) is 6.96. The molecular weight excluding hydrogens is 341 g/mol. The zero-order valence-corrected chi connectivity index (χ0v) is 13.9. The van der Waals surface area contributed by atoms with E-state index in [0.717, 1.165) is 23.0 Å². The van der Waals surface area contributed by atoms with Gasteiger partial charge in [0.1, 0.15) is 0 Å². The molecule has 6 heteroatoms. The largest absolute Gasteiger partial charge is 0.416 e. The summed E-state index contributed by atoms with van der Waals surface area (Å²) in [6, 6.07) is 12.3. The van der Waals surface area contributed by atoms with Gasteiger partial charge in [-0.3, -0.25) is 4.79 Å². The third-order valence-electron chi connectivity index (χ3n) is 3.90. The number of fused-ring (bicyclic) bond motifs is 1. The highest BCUT2D eigenvalue weighted by Crippen LogP contribution is 2.29. The number of para-hydroxylation sites is 1. The van der Waals surface area contributed by atoms with E-state index in [1.807, 2.05) is 35.9 Å². The summed E-state index contributed by atoms with van der Waals surface area (Å²) in [4.78, 5) is 12.3. The van der Waals surface area contributed by atoms with Crippen LogP contribution in [0.1, 0.15) is 21.5 Å². The van der Waals surface area contributed by atoms with Gasteiger partial charge in [-0.05, 0) is 24.3 Å². The first kappa shape index (κ1) is 17.6. The Morgan fingerprint density at radius 1 is 1.15 bits per heavy atom. The molecule has 0 aliphatic heterocycles. The molecule has 2 aromatic carbocycles. The van der Waals surface area contributed by atoms with E-state index in [1.54, 1.807) is 6.20 Å². The molecule has 0 unspecified atom stereocenters. The summed E-state index contributed by atoms with van der Waals surface area (Å²) in [5.74, 6) is 5.04. The van der Waals surface area contributed by atoms with Crippen LogP contribution in [0.15, 0.2) is 54.7 Å². The maximum Gasteiger partial charge on any atom is 0.416 e. The second-order valence-corrected chi connectivity index (χ2v) is 5.73. The van der Waals surface area contributed by atoms with Crippen molar-refractivity contribution in [1.29, 1.82) is 0 Å². The maximum absolute atomic E-state index is 12.7. The number of hydrogen-bond acceptors (Lipinski definition) is 1. The molecule has 0 saturated carbocycles. The van der Waals surface area contributed by atoms with Crippen molar-refractivity contribution in [3.63, 3.8) is 0 Å². The topological polar surface area (TPSA) is 34.0 Å². The van der Waals surface area contributed by atoms with Gasteiger partial charge in [0, 0.05) is 29.7 Å². The van der Waals surface area contributed by atoms with Crippen LogP contribution in [0.2, 0.25) is 0 Å². The lowest BCUT2D eigenvalue weighted by atomic mass is 10.1. The molecule has 0 bridgehead atoms. The van der Waals surface area contributed by atoms with Crippen LogP contribution in [0.5, 0.6) is 0 Å². The molecular formula is C20H15F3N2O. The fraction of sp³-hybridized carbons (Fsp3) is 0.150. The molecule has 0 aliphatic rings. The Morgan fingerprint density at radius 2 is 1.92 bits per heavy atom. The minimum absolute atomic E-state index is 0.0400. The van der Waals surface area contributed by atoms with Crippen molar-refractivity contribution in [1.82, 2.24) is 9.88 Å². The molecule has 1 aromatic heterocycles. The number of aromatic nitrogens is 1. The number of alkyl halides is 3. The van der Waals surface area contributed by atoms with Gasteiger partial charge >= 0.3 is 6.18 Å². The number of nitrogens with one attached hydrogen (secondary N) is 1. The molecule has 0 radical (unpaired) electrons. The monoisotopic (exact) mass is 356 g/mol. The number of aryl methyl sites for hydroxylation is 1. The number of rotatable bonds is 2. The van der Waals surface area contributed by atoms with Crippen LogP contribution in [0.3, 0.4) is 0 Å². The summed E-state index contributed by atoms with van der Waals surface area (Å²) in [7, 11) is 1.85. The van der Waals surface area contributed by atoms with E-state index in [9.17, 15) is 18.0 Å². The average molecular weight is 356 g/mol. The van der Waals surface area contributed by atoms with E-state index < -0.39 is 11.7 Å². The third-order valence-corrected chi connectivity index (χ3v) is 3.90. The first-order valence-electron chi connectivity index (χ1n) is 7.84. The Labute approximate surface area is 148 Å². The number of hydrogen-bond donors (Lipinski definition) is 1. The standard InChI is InChI=1S/C20H15F3N2O/c1-25-13-17(16-9-2-3-10-18(16)25)19(26)24-11-5-7-14-6-4-8-15(12-14)20(21,22)23/h2-4,6,8-10,12-13H,11H2,1H3,(H,24,26). The first-order chi connectivity index (χ1) is 12.4. The van der Waals surface area contributed by atoms with Gasteiger partial charge < -0.3 is 9.88 Å². The minimum Gasteiger partial charge on any atom is -0.350 e. The Hall–Kier alpha value is -3.20. The van der Waals surface area contributed by atoms with Crippen molar-refractivity contribution in [2.75, 3.05) is 6.54 Å². The fourth-order valence-electron chi connectivity index (χ4n) is 2.66. The number of carbonyl (C=O) groups excluding carboxylic acids is 1. The molecule has 1 heterocycles. The van der Waals surface area contributed by atoms with E-state index >= 15 is 0 Å². The van der Waals surface area contributed by atoms with Crippen LogP contribution >= 0.6 is 0 Å². The molecule has 132 valence electrons. The molecule has 26 heavy (non-hydrogen) atoms. The molecule has 3 aromatic rings. The van der Waals surface area contributed by atoms with E-state index in [1.165, 1.54) is 12.1 Å². The second-order valence-electron chi connectivity index (χ2n) is 5.73. The van der Waals surface area contributed by atoms with Crippen LogP contribution in [-0.4, -0.2) is 17.0 Å². The Bertz CT molecular complexity index is 1020. The number of amides is 1. The van der Waals surface area contributed by atoms with Crippen molar-refractivity contribution in [2.24, 2.45) is 7.05 Å². The van der Waals surface area contributed by atoms with Crippen LogP contribution in [0.4, 0.5) is 13.2 Å². The molecule has 1 N–H and O–H groups in total. The zero-order chi connectivity index (χ0) is 18.7. The fourth-order valence-corrected chi connectivity index (χ4v) is 2.66. The zero-order valence-electron chi connectivity index (χ0n) is 13.9. The van der Waals surface area contributed by atoms with Gasteiger partial charge in [-0.15, -0.1) is 0 Å². The van der Waals surface area contributed by atoms with Crippen molar-refractivity contribution in [3.8, 4) is 11.8 Å². The SMILES string of the molecule is Cn1cc(C(=O)NCC#Cc2cccc(C(F)(F)F)c2)c2ccccc21. The van der Waals surface area contributed by atoms with E-state index in [-0.39, 0.29) is 18.0 Å². The highest BCUT2D eigenvalue weighted by molar-refractivity contribution is 6.07. The molecule has 1 amide bonds. The predicted molar refractivity (Wildman–Crippen MR) is 93.6 cm³/mol. The Kier molecular flexibility index (Phi) is 4.72. The summed E-state index contributed by atoms with van der Waals surface area (Å²) in [5.41, 5.74) is 0.972. The lowest BCUT2D eigenvalue weighted by Crippen LogP contribution is -2.23. The van der Waals surface area contributed by atoms with Crippen molar-refractivity contribution in [3.05, 3.63) is 71.4 Å². The summed E-state index contributed by atoms with van der Waals surface area (Å²) in [6.07, 6.45) is -2.67. The van der Waals surface area contributed by atoms with Crippen molar-refractivity contribution >= 4 is 16.8 Å². The average Bonchev–Trinajstić information content (AvgIpc) is 2.95. The summed E-state index contributed by atoms with van der Waals surface area (Å²) in [6.45, 7) is 0.0400. The highest BCUT2D eigenvalue weighted by atomic mass is 19.4. The van der Waals surface area contributed by atoms with E-state index in [2.05, 4.69) is 17.2 Å². The van der Waals surface area contributed by atoms with Gasteiger partial charge in [0.05, 0.1) is 17.7 Å². The van der Waals surface area contributed by atoms with Gasteiger partial charge in [0.15, 0.2) is 0 Å². The highest BCUT2D eigenvalue weighted by Gasteiger charge is 2.30. The normalized spacial score (nSPS) is 11.1. The molecule has 3 nitrogen and oxygen atoms in total. The summed E-state index contributed by atoms with van der Waals surface area (Å²) in [5, 5.41) is 3.50. The van der Waals surface area contributed by atoms with Crippen molar-refractivity contribution < 1.29 is 18.0 Å². The smallest absolute Gasteiger partial charge is 0.350 e. The lowest BCUT2D eigenvalue weighted by Gasteiger charge is -2.05. The third kappa shape index (κ3) is 3.72. The predicted octanol–water partition coefficient (Wildman–Crippen LogP) is 3.98. The minimum atomic E-state index is -4.40. The lowest BCUT2D eigenvalue weighted by molar-refractivity contribution is -0.137. The molecule has 0 saturated heterocycles. The number of nitrogens with zero attached hydrogens (tertiary/aromatic N) is 1. The molecule has 0 fully saturated rings. The van der Waals surface area contributed by atoms with Gasteiger partial charge in [-0.25, -0.2) is 0 Å². The molecule has 3 rings (SSSR count). The van der Waals surface area contributed by atoms with Gasteiger partial charge in [0.2, 0.25) is 0 Å². The Balaban J connectivity index is 1.69. The van der Waals surface area contributed by atoms with E-state index in [4.69, 9.17) is 0 Å². The van der Waals surface area contributed by atoms with Crippen LogP contribution in [-0.2, 0) is 13.2 Å². The Morgan fingerprint density at radius 3 is 2.69 bits per heavy atom. The first-order valence-corrected chi connectivity index (χ1v) is 7.84. The van der Waals surface area contributed by atoms with Gasteiger partial charge in [0.25, 0.3) is 5.91 Å². The number of carbonyl (C=O) groups is 1. The summed E-state index contributed by atoms with van der Waals surface area (Å²) >= 11 is 0. The van der Waals surface area contributed by atoms with Crippen LogP contribution in [0, 0.1) is 11.8 Å². The number of halogens is 3. The number of benzene rings is 2. The van der Waals surface area contributed by atoms with Crippen LogP contribution < -0.4 is 5.32 Å². The van der Waals surface area contributed by atoms with Gasteiger partial charge in [-0.1, -0.05) is 36.1 Å². The molecule has 0 atom stereocenters. The van der Waals surface area contributed by atoms with Gasteiger partial charge in [-0.2, -0.15) is 13.2 Å². The van der Waals surface area contributed by atoms with E-state index in [0.29, 0.717) is 5.56 Å². The van der Waals surface area contributed by atoms with Crippen LogP contribution in [0.25, 0.3) is 10.9 Å². The molecule has 0 spiro atoms. The maximum atomic E-state index is 12.7. The van der Waals surface area contributed by atoms with Crippen molar-refractivity contribution in [2.45, 2.75) is 6.18 Å². The molecule has 0 aliphatic carbocycles. The quantitative estimate of drug-likeness (QED) is 0.693. The summed E-state index contributed by atoms with van der Waals surface area (Å²) < 4.78 is 39.9.